The average Bonchev–Trinajstić information content (AvgIpc) is 2.32. The van der Waals surface area contributed by atoms with Gasteiger partial charge in [0.2, 0.25) is 11.8 Å². The SMILES string of the molecule is O=C1CCCCC(=O)N1CCCCBr. The van der Waals surface area contributed by atoms with E-state index in [2.05, 4.69) is 15.9 Å². The van der Waals surface area contributed by atoms with Gasteiger partial charge >= 0.3 is 0 Å². The van der Waals surface area contributed by atoms with Crippen molar-refractivity contribution in [1.82, 2.24) is 4.90 Å². The summed E-state index contributed by atoms with van der Waals surface area (Å²) in [5.74, 6) is 0.0316. The fourth-order valence-corrected chi connectivity index (χ4v) is 1.97. The van der Waals surface area contributed by atoms with Crippen molar-refractivity contribution in [2.24, 2.45) is 0 Å². The Hall–Kier alpha value is -0.380. The third-order valence-electron chi connectivity index (χ3n) is 2.40. The molecule has 0 aromatic rings. The number of carbonyl (C=O) groups is 2. The van der Waals surface area contributed by atoms with Crippen LogP contribution in [0.4, 0.5) is 0 Å². The van der Waals surface area contributed by atoms with Crippen LogP contribution < -0.4 is 0 Å². The van der Waals surface area contributed by atoms with Crippen LogP contribution in [0, 0.1) is 0 Å². The molecule has 4 heteroatoms. The molecule has 0 aromatic heterocycles. The Morgan fingerprint density at radius 2 is 1.64 bits per heavy atom. The van der Waals surface area contributed by atoms with Crippen LogP contribution in [-0.2, 0) is 9.59 Å². The summed E-state index contributed by atoms with van der Waals surface area (Å²) in [7, 11) is 0. The van der Waals surface area contributed by atoms with Crippen LogP contribution in [0.15, 0.2) is 0 Å². The molecule has 0 N–H and O–H groups in total. The van der Waals surface area contributed by atoms with Gasteiger partial charge in [-0.3, -0.25) is 14.5 Å². The molecule has 0 atom stereocenters. The molecular weight excluding hydrogens is 246 g/mol. The molecule has 0 spiro atoms. The highest BCUT2D eigenvalue weighted by molar-refractivity contribution is 9.09. The van der Waals surface area contributed by atoms with E-state index in [0.717, 1.165) is 31.0 Å². The van der Waals surface area contributed by atoms with Gasteiger partial charge in [-0.05, 0) is 25.7 Å². The maximum Gasteiger partial charge on any atom is 0.229 e. The molecule has 1 rings (SSSR count). The van der Waals surface area contributed by atoms with Gasteiger partial charge in [-0.1, -0.05) is 15.9 Å². The Bertz CT molecular complexity index is 200. The molecule has 0 aromatic carbocycles. The van der Waals surface area contributed by atoms with Crippen molar-refractivity contribution in [1.29, 1.82) is 0 Å². The normalized spacial score (nSPS) is 18.5. The third kappa shape index (κ3) is 3.40. The van der Waals surface area contributed by atoms with E-state index in [9.17, 15) is 9.59 Å². The Morgan fingerprint density at radius 3 is 2.14 bits per heavy atom. The zero-order valence-corrected chi connectivity index (χ0v) is 9.88. The molecule has 0 saturated carbocycles. The molecule has 2 amide bonds. The number of nitrogens with zero attached hydrogens (tertiary/aromatic N) is 1. The van der Waals surface area contributed by atoms with Crippen molar-refractivity contribution in [3.8, 4) is 0 Å². The Labute approximate surface area is 93.0 Å². The minimum Gasteiger partial charge on any atom is -0.283 e. The van der Waals surface area contributed by atoms with Crippen LogP contribution in [-0.4, -0.2) is 28.6 Å². The Balaban J connectivity index is 2.44. The first-order chi connectivity index (χ1) is 6.75. The molecule has 1 saturated heterocycles. The van der Waals surface area contributed by atoms with E-state index >= 15 is 0 Å². The van der Waals surface area contributed by atoms with Crippen molar-refractivity contribution in [3.05, 3.63) is 0 Å². The largest absolute Gasteiger partial charge is 0.283 e. The van der Waals surface area contributed by atoms with E-state index < -0.39 is 0 Å². The first-order valence-corrected chi connectivity index (χ1v) is 6.27. The number of hydrogen-bond acceptors (Lipinski definition) is 2. The summed E-state index contributed by atoms with van der Waals surface area (Å²) in [4.78, 5) is 24.5. The summed E-state index contributed by atoms with van der Waals surface area (Å²) in [5.41, 5.74) is 0. The second-order valence-electron chi connectivity index (χ2n) is 3.54. The Kier molecular flexibility index (Phi) is 5.15. The first-order valence-electron chi connectivity index (χ1n) is 5.15. The lowest BCUT2D eigenvalue weighted by molar-refractivity contribution is -0.143. The van der Waals surface area contributed by atoms with Gasteiger partial charge in [0.15, 0.2) is 0 Å². The number of alkyl halides is 1. The van der Waals surface area contributed by atoms with E-state index in [1.165, 1.54) is 4.90 Å². The number of likely N-dealkylation sites (tertiary alicyclic amines) is 1. The second kappa shape index (κ2) is 6.17. The molecule has 1 heterocycles. The quantitative estimate of drug-likeness (QED) is 0.442. The van der Waals surface area contributed by atoms with Crippen molar-refractivity contribution in [2.45, 2.75) is 38.5 Å². The number of halogens is 1. The van der Waals surface area contributed by atoms with E-state index in [1.54, 1.807) is 0 Å². The highest BCUT2D eigenvalue weighted by atomic mass is 79.9. The van der Waals surface area contributed by atoms with Crippen molar-refractivity contribution < 1.29 is 9.59 Å². The summed E-state index contributed by atoms with van der Waals surface area (Å²) in [6.07, 6.45) is 4.72. The van der Waals surface area contributed by atoms with Crippen LogP contribution in [0.25, 0.3) is 0 Å². The number of rotatable bonds is 4. The van der Waals surface area contributed by atoms with Gasteiger partial charge in [0.1, 0.15) is 0 Å². The molecule has 3 nitrogen and oxygen atoms in total. The number of hydrogen-bond donors (Lipinski definition) is 0. The van der Waals surface area contributed by atoms with Gasteiger partial charge in [-0.2, -0.15) is 0 Å². The zero-order chi connectivity index (χ0) is 10.4. The van der Waals surface area contributed by atoms with Crippen molar-refractivity contribution >= 4 is 27.7 Å². The van der Waals surface area contributed by atoms with Crippen LogP contribution in [0.1, 0.15) is 38.5 Å². The molecule has 80 valence electrons. The molecular formula is C10H16BrNO2. The minimum absolute atomic E-state index is 0.0158. The average molecular weight is 262 g/mol. The van der Waals surface area contributed by atoms with Crippen molar-refractivity contribution in [2.75, 3.05) is 11.9 Å². The van der Waals surface area contributed by atoms with E-state index in [1.807, 2.05) is 0 Å². The molecule has 0 bridgehead atoms. The van der Waals surface area contributed by atoms with Gasteiger partial charge in [0.25, 0.3) is 0 Å². The van der Waals surface area contributed by atoms with Gasteiger partial charge in [0.05, 0.1) is 0 Å². The lowest BCUT2D eigenvalue weighted by Gasteiger charge is -2.17. The predicted octanol–water partition coefficient (Wildman–Crippen LogP) is 2.09. The summed E-state index contributed by atoms with van der Waals surface area (Å²) in [5, 5.41) is 0.934. The number of carbonyl (C=O) groups excluding carboxylic acids is 2. The van der Waals surface area contributed by atoms with Crippen LogP contribution >= 0.6 is 15.9 Å². The van der Waals surface area contributed by atoms with Crippen LogP contribution in [0.2, 0.25) is 0 Å². The molecule has 1 fully saturated rings. The summed E-state index contributed by atoms with van der Waals surface area (Å²) >= 11 is 3.33. The lowest BCUT2D eigenvalue weighted by atomic mass is 10.2. The highest BCUT2D eigenvalue weighted by Crippen LogP contribution is 2.13. The third-order valence-corrected chi connectivity index (χ3v) is 2.96. The fourth-order valence-electron chi connectivity index (χ4n) is 1.58. The van der Waals surface area contributed by atoms with Gasteiger partial charge in [0, 0.05) is 24.7 Å². The minimum atomic E-state index is 0.0158. The molecule has 1 aliphatic rings. The fraction of sp³-hybridized carbons (Fsp3) is 0.800. The smallest absolute Gasteiger partial charge is 0.229 e. The molecule has 0 radical (unpaired) electrons. The maximum absolute atomic E-state index is 11.5. The van der Waals surface area contributed by atoms with Gasteiger partial charge < -0.3 is 0 Å². The highest BCUT2D eigenvalue weighted by Gasteiger charge is 2.22. The van der Waals surface area contributed by atoms with E-state index in [0.29, 0.717) is 19.4 Å². The van der Waals surface area contributed by atoms with Gasteiger partial charge in [-0.15, -0.1) is 0 Å². The second-order valence-corrected chi connectivity index (χ2v) is 4.34. The Morgan fingerprint density at radius 1 is 1.07 bits per heavy atom. The lowest BCUT2D eigenvalue weighted by Crippen LogP contribution is -2.35. The molecule has 0 unspecified atom stereocenters. The molecule has 1 aliphatic heterocycles. The van der Waals surface area contributed by atoms with Crippen LogP contribution in [0.5, 0.6) is 0 Å². The standard InChI is InChI=1S/C10H16BrNO2/c11-7-3-4-8-12-9(13)5-1-2-6-10(12)14/h1-8H2. The number of unbranched alkanes of at least 4 members (excludes halogenated alkanes) is 1. The molecule has 0 aliphatic carbocycles. The summed E-state index contributed by atoms with van der Waals surface area (Å²) in [6, 6.07) is 0. The number of amides is 2. The summed E-state index contributed by atoms with van der Waals surface area (Å²) < 4.78 is 0. The van der Waals surface area contributed by atoms with Crippen LogP contribution in [0.3, 0.4) is 0 Å². The van der Waals surface area contributed by atoms with E-state index in [-0.39, 0.29) is 11.8 Å². The van der Waals surface area contributed by atoms with E-state index in [4.69, 9.17) is 0 Å². The summed E-state index contributed by atoms with van der Waals surface area (Å²) in [6.45, 7) is 0.600. The van der Waals surface area contributed by atoms with Crippen molar-refractivity contribution in [3.63, 3.8) is 0 Å². The number of imide groups is 1. The first kappa shape index (κ1) is 11.7. The van der Waals surface area contributed by atoms with Gasteiger partial charge in [-0.25, -0.2) is 0 Å². The monoisotopic (exact) mass is 261 g/mol. The molecule has 14 heavy (non-hydrogen) atoms. The zero-order valence-electron chi connectivity index (χ0n) is 8.30. The predicted molar refractivity (Wildman–Crippen MR) is 58.2 cm³/mol. The topological polar surface area (TPSA) is 37.4 Å². The maximum atomic E-state index is 11.5.